The second-order valence-electron chi connectivity index (χ2n) is 6.86. The third-order valence-corrected chi connectivity index (χ3v) is 3.99. The van der Waals surface area contributed by atoms with Crippen molar-refractivity contribution in [1.29, 1.82) is 0 Å². The number of alkyl carbamates (subject to hydrolysis) is 1. The van der Waals surface area contributed by atoms with Crippen LogP contribution in [0.4, 0.5) is 9.18 Å². The zero-order chi connectivity index (χ0) is 21.8. The molecule has 1 N–H and O–H groups in total. The van der Waals surface area contributed by atoms with Crippen molar-refractivity contribution in [2.24, 2.45) is 0 Å². The van der Waals surface area contributed by atoms with E-state index in [9.17, 15) is 14.0 Å². The Morgan fingerprint density at radius 2 is 2.00 bits per heavy atom. The first kappa shape index (κ1) is 24.4. The number of carbonyl (C=O) groups excluding carboxylic acids is 2. The van der Waals surface area contributed by atoms with Crippen LogP contribution in [0.3, 0.4) is 0 Å². The van der Waals surface area contributed by atoms with Gasteiger partial charge < -0.3 is 24.4 Å². The van der Waals surface area contributed by atoms with Crippen molar-refractivity contribution in [3.63, 3.8) is 0 Å². The normalized spacial score (nSPS) is 11.7. The molecule has 1 rings (SSSR count). The molecule has 0 fully saturated rings. The molecule has 29 heavy (non-hydrogen) atoms. The van der Waals surface area contributed by atoms with E-state index in [4.69, 9.17) is 14.2 Å². The molecule has 2 amide bonds. The van der Waals surface area contributed by atoms with E-state index in [2.05, 4.69) is 11.9 Å². The molecule has 0 radical (unpaired) electrons. The largest absolute Gasteiger partial charge is 0.491 e. The van der Waals surface area contributed by atoms with Gasteiger partial charge in [-0.05, 0) is 30.5 Å². The highest BCUT2D eigenvalue weighted by Gasteiger charge is 2.13. The fourth-order valence-corrected chi connectivity index (χ4v) is 2.54. The highest BCUT2D eigenvalue weighted by molar-refractivity contribution is 5.86. The summed E-state index contributed by atoms with van der Waals surface area (Å²) in [7, 11) is 1.60. The summed E-state index contributed by atoms with van der Waals surface area (Å²) in [6.07, 6.45) is 0.156. The maximum Gasteiger partial charge on any atom is 0.407 e. The van der Waals surface area contributed by atoms with Gasteiger partial charge in [0.25, 0.3) is 0 Å². The molecule has 0 aliphatic heterocycles. The van der Waals surface area contributed by atoms with E-state index in [-0.39, 0.29) is 45.4 Å². The standard InChI is InChI=1S/C21H31FN2O5.H2/c1-6-20(25)24(5)14-16(4)29-21(26)23-9-10-27-11-12-28-19-13-17(22)7-8-18(19)15(2)3;/h6-8,13,15-16H,1,9-12,14H2,2-5H3,(H,23,26);1H. The first-order chi connectivity index (χ1) is 13.7. The van der Waals surface area contributed by atoms with Gasteiger partial charge in [-0.25, -0.2) is 9.18 Å². The molecule has 1 atom stereocenters. The minimum atomic E-state index is -0.585. The van der Waals surface area contributed by atoms with Crippen LogP contribution in [-0.4, -0.2) is 63.0 Å². The number of amides is 2. The summed E-state index contributed by atoms with van der Waals surface area (Å²) in [6.45, 7) is 10.5. The highest BCUT2D eigenvalue weighted by atomic mass is 19.1. The van der Waals surface area contributed by atoms with Gasteiger partial charge in [0.1, 0.15) is 24.3 Å². The first-order valence-corrected chi connectivity index (χ1v) is 9.56. The number of nitrogens with zero attached hydrogens (tertiary/aromatic N) is 1. The summed E-state index contributed by atoms with van der Waals surface area (Å²) in [4.78, 5) is 24.5. The fraction of sp³-hybridized carbons (Fsp3) is 0.524. The van der Waals surface area contributed by atoms with Crippen LogP contribution < -0.4 is 10.1 Å². The summed E-state index contributed by atoms with van der Waals surface area (Å²) < 4.78 is 29.6. The van der Waals surface area contributed by atoms with Crippen LogP contribution >= 0.6 is 0 Å². The average Bonchev–Trinajstić information content (AvgIpc) is 2.66. The van der Waals surface area contributed by atoms with Gasteiger partial charge in [-0.15, -0.1) is 0 Å². The van der Waals surface area contributed by atoms with E-state index in [0.717, 1.165) is 5.56 Å². The van der Waals surface area contributed by atoms with Gasteiger partial charge in [-0.3, -0.25) is 4.79 Å². The van der Waals surface area contributed by atoms with Gasteiger partial charge in [0, 0.05) is 21.1 Å². The molecule has 1 aromatic carbocycles. The molecule has 0 aliphatic rings. The molecule has 0 heterocycles. The Balaban J connectivity index is 0.00000841. The molecule has 164 valence electrons. The van der Waals surface area contributed by atoms with Crippen LogP contribution in [0.5, 0.6) is 5.75 Å². The maximum atomic E-state index is 13.4. The van der Waals surface area contributed by atoms with Crippen LogP contribution in [0.15, 0.2) is 30.9 Å². The Labute approximate surface area is 173 Å². The van der Waals surface area contributed by atoms with Crippen molar-refractivity contribution in [3.8, 4) is 5.75 Å². The van der Waals surface area contributed by atoms with E-state index < -0.39 is 12.2 Å². The van der Waals surface area contributed by atoms with E-state index >= 15 is 0 Å². The lowest BCUT2D eigenvalue weighted by atomic mass is 10.0. The third-order valence-electron chi connectivity index (χ3n) is 3.99. The number of benzene rings is 1. The molecule has 8 heteroatoms. The lowest BCUT2D eigenvalue weighted by Gasteiger charge is -2.20. The topological polar surface area (TPSA) is 77.1 Å². The zero-order valence-electron chi connectivity index (χ0n) is 17.6. The number of ether oxygens (including phenoxy) is 3. The Kier molecular flexibility index (Phi) is 10.8. The quantitative estimate of drug-likeness (QED) is 0.421. The minimum Gasteiger partial charge on any atom is -0.491 e. The number of nitrogens with one attached hydrogen (secondary N) is 1. The van der Waals surface area contributed by atoms with Crippen molar-refractivity contribution in [2.45, 2.75) is 32.8 Å². The van der Waals surface area contributed by atoms with Crippen molar-refractivity contribution >= 4 is 12.0 Å². The summed E-state index contributed by atoms with van der Waals surface area (Å²) in [6, 6.07) is 4.51. The molecule has 0 saturated heterocycles. The fourth-order valence-electron chi connectivity index (χ4n) is 2.54. The number of hydrogen-bond acceptors (Lipinski definition) is 5. The monoisotopic (exact) mass is 412 g/mol. The maximum absolute atomic E-state index is 13.4. The SMILES string of the molecule is C=CC(=O)N(C)CC(C)OC(=O)NCCOCCOc1cc(F)ccc1C(C)C.[HH]. The molecule has 1 unspecified atom stereocenters. The van der Waals surface area contributed by atoms with Gasteiger partial charge >= 0.3 is 6.09 Å². The highest BCUT2D eigenvalue weighted by Crippen LogP contribution is 2.27. The van der Waals surface area contributed by atoms with Gasteiger partial charge in [0.2, 0.25) is 5.91 Å². The lowest BCUT2D eigenvalue weighted by Crippen LogP contribution is -2.37. The molecule has 0 spiro atoms. The lowest BCUT2D eigenvalue weighted by molar-refractivity contribution is -0.125. The summed E-state index contributed by atoms with van der Waals surface area (Å²) >= 11 is 0. The Hall–Kier alpha value is -2.61. The molecule has 0 aromatic heterocycles. The molecule has 7 nitrogen and oxygen atoms in total. The molecule has 1 aromatic rings. The average molecular weight is 413 g/mol. The molecule has 0 bridgehead atoms. The molecular weight excluding hydrogens is 379 g/mol. The van der Waals surface area contributed by atoms with Crippen molar-refractivity contribution in [2.75, 3.05) is 40.0 Å². The van der Waals surface area contributed by atoms with Crippen LogP contribution in [0.1, 0.15) is 33.7 Å². The number of likely N-dealkylation sites (N-methyl/N-ethyl adjacent to an activating group) is 1. The van der Waals surface area contributed by atoms with Crippen molar-refractivity contribution in [1.82, 2.24) is 10.2 Å². The Bertz CT molecular complexity index is 687. The van der Waals surface area contributed by atoms with E-state index in [0.29, 0.717) is 12.4 Å². The molecular formula is C21H33FN2O5. The van der Waals surface area contributed by atoms with Gasteiger partial charge in [0.15, 0.2) is 0 Å². The zero-order valence-corrected chi connectivity index (χ0v) is 17.6. The van der Waals surface area contributed by atoms with Crippen molar-refractivity contribution in [3.05, 3.63) is 42.2 Å². The van der Waals surface area contributed by atoms with E-state index in [1.165, 1.54) is 23.1 Å². The Morgan fingerprint density at radius 3 is 2.66 bits per heavy atom. The number of halogens is 1. The van der Waals surface area contributed by atoms with Gasteiger partial charge in [0.05, 0.1) is 19.8 Å². The predicted octanol–water partition coefficient (Wildman–Crippen LogP) is 3.35. The molecule has 0 aliphatic carbocycles. The van der Waals surface area contributed by atoms with Gasteiger partial charge in [-0.1, -0.05) is 26.5 Å². The molecule has 0 saturated carbocycles. The summed E-state index contributed by atoms with van der Waals surface area (Å²) in [5.41, 5.74) is 0.936. The minimum absolute atomic E-state index is 0. The summed E-state index contributed by atoms with van der Waals surface area (Å²) in [5, 5.41) is 2.57. The van der Waals surface area contributed by atoms with Crippen molar-refractivity contribution < 1.29 is 29.6 Å². The number of rotatable bonds is 12. The van der Waals surface area contributed by atoms with Crippen LogP contribution in [-0.2, 0) is 14.3 Å². The Morgan fingerprint density at radius 1 is 1.28 bits per heavy atom. The van der Waals surface area contributed by atoms with E-state index in [1.54, 1.807) is 20.0 Å². The van der Waals surface area contributed by atoms with Crippen LogP contribution in [0, 0.1) is 5.82 Å². The smallest absolute Gasteiger partial charge is 0.407 e. The van der Waals surface area contributed by atoms with Crippen LogP contribution in [0.2, 0.25) is 0 Å². The first-order valence-electron chi connectivity index (χ1n) is 9.56. The second kappa shape index (κ2) is 12.8. The second-order valence-corrected chi connectivity index (χ2v) is 6.86. The van der Waals surface area contributed by atoms with E-state index in [1.807, 2.05) is 13.8 Å². The predicted molar refractivity (Wildman–Crippen MR) is 111 cm³/mol. The number of carbonyl (C=O) groups is 2. The van der Waals surface area contributed by atoms with Gasteiger partial charge in [-0.2, -0.15) is 0 Å². The van der Waals surface area contributed by atoms with Crippen LogP contribution in [0.25, 0.3) is 0 Å². The number of hydrogen-bond donors (Lipinski definition) is 1. The summed E-state index contributed by atoms with van der Waals surface area (Å²) in [5.74, 6) is 0.149. The third kappa shape index (κ3) is 9.43.